The van der Waals surface area contributed by atoms with Crippen LogP contribution in [0.25, 0.3) is 11.2 Å². The van der Waals surface area contributed by atoms with Crippen LogP contribution < -0.4 is 16.4 Å². The molecule has 1 amide bonds. The molecule has 0 saturated heterocycles. The van der Waals surface area contributed by atoms with Crippen LogP contribution in [0.4, 0.5) is 11.8 Å². The van der Waals surface area contributed by atoms with Crippen molar-refractivity contribution in [2.24, 2.45) is 5.92 Å². The summed E-state index contributed by atoms with van der Waals surface area (Å²) < 4.78 is 1.66. The number of nitrogens with zero attached hydrogens (tertiary/aromatic N) is 4. The number of anilines is 2. The van der Waals surface area contributed by atoms with E-state index in [2.05, 4.69) is 37.7 Å². The summed E-state index contributed by atoms with van der Waals surface area (Å²) in [6.07, 6.45) is 0.293. The summed E-state index contributed by atoms with van der Waals surface area (Å²) in [7, 11) is 1.50. The third kappa shape index (κ3) is 3.66. The van der Waals surface area contributed by atoms with E-state index in [-0.39, 0.29) is 18.3 Å². The van der Waals surface area contributed by atoms with Crippen molar-refractivity contribution in [1.29, 1.82) is 0 Å². The monoisotopic (exact) mass is 411 g/mol. The number of imidazole rings is 1. The Hall–Kier alpha value is -3.24. The van der Waals surface area contributed by atoms with E-state index in [1.54, 1.807) is 4.57 Å². The third-order valence-electron chi connectivity index (χ3n) is 5.58. The number of nitrogen functional groups attached to an aromatic ring is 1. The van der Waals surface area contributed by atoms with Crippen LogP contribution in [0.1, 0.15) is 18.0 Å². The Labute approximate surface area is 173 Å². The van der Waals surface area contributed by atoms with Crippen LogP contribution in [0, 0.1) is 5.92 Å². The zero-order chi connectivity index (χ0) is 21.3. The molecule has 4 atom stereocenters. The number of fused-ring (bicyclic) bond motifs is 1. The van der Waals surface area contributed by atoms with Crippen molar-refractivity contribution < 1.29 is 15.0 Å². The molecule has 10 heteroatoms. The number of aliphatic hydroxyl groups is 2. The fourth-order valence-electron chi connectivity index (χ4n) is 4.00. The fraction of sp³-hybridized carbons (Fsp3) is 0.400. The molecule has 2 heterocycles. The summed E-state index contributed by atoms with van der Waals surface area (Å²) in [4.78, 5) is 25.0. The molecule has 6 N–H and O–H groups in total. The molecule has 1 saturated carbocycles. The van der Waals surface area contributed by atoms with Gasteiger partial charge in [0, 0.05) is 13.6 Å². The topological polar surface area (TPSA) is 151 Å². The quantitative estimate of drug-likeness (QED) is 0.383. The van der Waals surface area contributed by atoms with Crippen molar-refractivity contribution in [3.63, 3.8) is 0 Å². The van der Waals surface area contributed by atoms with Gasteiger partial charge in [0.2, 0.25) is 11.9 Å². The van der Waals surface area contributed by atoms with E-state index in [1.807, 2.05) is 18.2 Å². The molecule has 1 aromatic carbocycles. The van der Waals surface area contributed by atoms with Gasteiger partial charge in [-0.1, -0.05) is 30.3 Å². The van der Waals surface area contributed by atoms with Crippen LogP contribution >= 0.6 is 0 Å². The predicted octanol–water partition coefficient (Wildman–Crippen LogP) is 0.0919. The standard InChI is InChI=1S/C20H25N7O3/c1-22-19(30)12-9-13(16(29)15(12)28)27-10-24-14-17(25-20(21)26-18(14)27)23-8-7-11-5-3-2-4-6-11/h2-6,10,12-13,15-16,28-29H,7-9H2,1H3,(H,22,30)(H3,21,23,25,26). The van der Waals surface area contributed by atoms with E-state index in [0.29, 0.717) is 23.5 Å². The lowest BCUT2D eigenvalue weighted by Gasteiger charge is -2.18. The summed E-state index contributed by atoms with van der Waals surface area (Å²) >= 11 is 0. The van der Waals surface area contributed by atoms with Crippen LogP contribution in [0.3, 0.4) is 0 Å². The van der Waals surface area contributed by atoms with Crippen molar-refractivity contribution in [2.75, 3.05) is 24.6 Å². The SMILES string of the molecule is CNC(=O)C1CC(n2cnc3c(NCCc4ccccc4)nc(N)nc32)C(O)C1O. The molecule has 0 radical (unpaired) electrons. The molecule has 0 aliphatic heterocycles. The molecule has 0 spiro atoms. The summed E-state index contributed by atoms with van der Waals surface area (Å²) in [6.45, 7) is 0.631. The van der Waals surface area contributed by atoms with Gasteiger partial charge in [0.25, 0.3) is 0 Å². The molecular formula is C20H25N7O3. The average Bonchev–Trinajstić information content (AvgIpc) is 3.29. The lowest BCUT2D eigenvalue weighted by atomic mass is 10.1. The molecule has 4 unspecified atom stereocenters. The highest BCUT2D eigenvalue weighted by molar-refractivity contribution is 5.84. The lowest BCUT2D eigenvalue weighted by Crippen LogP contribution is -2.36. The second kappa shape index (κ2) is 8.25. The van der Waals surface area contributed by atoms with Crippen molar-refractivity contribution in [1.82, 2.24) is 24.8 Å². The maximum Gasteiger partial charge on any atom is 0.225 e. The minimum atomic E-state index is -1.17. The second-order valence-electron chi connectivity index (χ2n) is 7.42. The first-order valence-corrected chi connectivity index (χ1v) is 9.85. The van der Waals surface area contributed by atoms with Crippen molar-refractivity contribution in [2.45, 2.75) is 31.1 Å². The van der Waals surface area contributed by atoms with E-state index in [9.17, 15) is 15.0 Å². The Bertz CT molecular complexity index is 1040. The molecule has 3 aromatic rings. The number of hydrogen-bond donors (Lipinski definition) is 5. The molecule has 0 bridgehead atoms. The van der Waals surface area contributed by atoms with E-state index >= 15 is 0 Å². The van der Waals surface area contributed by atoms with Gasteiger partial charge in [0.15, 0.2) is 17.0 Å². The van der Waals surface area contributed by atoms with Crippen molar-refractivity contribution in [3.8, 4) is 0 Å². The molecule has 1 fully saturated rings. The maximum absolute atomic E-state index is 12.0. The normalized spacial score (nSPS) is 23.6. The highest BCUT2D eigenvalue weighted by atomic mass is 16.3. The van der Waals surface area contributed by atoms with Crippen LogP contribution in [0.2, 0.25) is 0 Å². The van der Waals surface area contributed by atoms with Gasteiger partial charge in [-0.2, -0.15) is 9.97 Å². The van der Waals surface area contributed by atoms with E-state index in [1.165, 1.54) is 18.9 Å². The van der Waals surface area contributed by atoms with E-state index in [4.69, 9.17) is 5.73 Å². The second-order valence-corrected chi connectivity index (χ2v) is 7.42. The Morgan fingerprint density at radius 2 is 2.00 bits per heavy atom. The van der Waals surface area contributed by atoms with Gasteiger partial charge >= 0.3 is 0 Å². The van der Waals surface area contributed by atoms with Gasteiger partial charge in [0.1, 0.15) is 6.10 Å². The lowest BCUT2D eigenvalue weighted by molar-refractivity contribution is -0.128. The Morgan fingerprint density at radius 3 is 2.73 bits per heavy atom. The fourth-order valence-corrected chi connectivity index (χ4v) is 4.00. The number of rotatable bonds is 6. The number of hydrogen-bond acceptors (Lipinski definition) is 8. The van der Waals surface area contributed by atoms with Crippen molar-refractivity contribution in [3.05, 3.63) is 42.2 Å². The minimum Gasteiger partial charge on any atom is -0.390 e. The number of aromatic nitrogens is 4. The molecule has 1 aliphatic carbocycles. The van der Waals surface area contributed by atoms with Crippen LogP contribution in [-0.4, -0.2) is 61.4 Å². The minimum absolute atomic E-state index is 0.0716. The summed E-state index contributed by atoms with van der Waals surface area (Å²) in [5, 5.41) is 26.6. The van der Waals surface area contributed by atoms with Crippen molar-refractivity contribution >= 4 is 28.8 Å². The van der Waals surface area contributed by atoms with E-state index < -0.39 is 24.2 Å². The molecular weight excluding hydrogens is 386 g/mol. The number of benzene rings is 1. The number of nitrogens with one attached hydrogen (secondary N) is 2. The van der Waals surface area contributed by atoms with Gasteiger partial charge in [-0.05, 0) is 18.4 Å². The first-order chi connectivity index (χ1) is 14.5. The number of carbonyl (C=O) groups is 1. The van der Waals surface area contributed by atoms with Gasteiger partial charge in [0.05, 0.1) is 24.4 Å². The third-order valence-corrected chi connectivity index (χ3v) is 5.58. The van der Waals surface area contributed by atoms with E-state index in [0.717, 1.165) is 6.42 Å². The number of carbonyl (C=O) groups excluding carboxylic acids is 1. The number of nitrogens with two attached hydrogens (primary N) is 1. The zero-order valence-electron chi connectivity index (χ0n) is 16.6. The Kier molecular flexibility index (Phi) is 5.51. The Morgan fingerprint density at radius 1 is 1.23 bits per heavy atom. The highest BCUT2D eigenvalue weighted by Crippen LogP contribution is 2.37. The molecule has 30 heavy (non-hydrogen) atoms. The first kappa shape index (κ1) is 20.0. The smallest absolute Gasteiger partial charge is 0.225 e. The van der Waals surface area contributed by atoms with Gasteiger partial charge in [-0.25, -0.2) is 4.98 Å². The van der Waals surface area contributed by atoms with Crippen LogP contribution in [0.15, 0.2) is 36.7 Å². The number of aliphatic hydroxyl groups excluding tert-OH is 2. The van der Waals surface area contributed by atoms with Crippen LogP contribution in [-0.2, 0) is 11.2 Å². The maximum atomic E-state index is 12.0. The summed E-state index contributed by atoms with van der Waals surface area (Å²) in [6, 6.07) is 9.50. The van der Waals surface area contributed by atoms with Gasteiger partial charge in [-0.15, -0.1) is 0 Å². The molecule has 1 aliphatic rings. The highest BCUT2D eigenvalue weighted by Gasteiger charge is 2.46. The molecule has 4 rings (SSSR count). The first-order valence-electron chi connectivity index (χ1n) is 9.85. The largest absolute Gasteiger partial charge is 0.390 e. The van der Waals surface area contributed by atoms with Crippen LogP contribution in [0.5, 0.6) is 0 Å². The Balaban J connectivity index is 1.58. The average molecular weight is 411 g/mol. The number of amides is 1. The molecule has 10 nitrogen and oxygen atoms in total. The molecule has 158 valence electrons. The van der Waals surface area contributed by atoms with Gasteiger partial charge in [-0.3, -0.25) is 4.79 Å². The zero-order valence-corrected chi connectivity index (χ0v) is 16.6. The van der Waals surface area contributed by atoms with Gasteiger partial charge < -0.3 is 31.1 Å². The predicted molar refractivity (Wildman–Crippen MR) is 112 cm³/mol. The summed E-state index contributed by atoms with van der Waals surface area (Å²) in [5.41, 5.74) is 8.06. The molecule has 2 aromatic heterocycles. The summed E-state index contributed by atoms with van der Waals surface area (Å²) in [5.74, 6) is -0.452.